The van der Waals surface area contributed by atoms with Crippen molar-refractivity contribution >= 4 is 5.97 Å². The van der Waals surface area contributed by atoms with Crippen molar-refractivity contribution in [1.82, 2.24) is 9.55 Å². The van der Waals surface area contributed by atoms with E-state index in [9.17, 15) is 4.79 Å². The maximum atomic E-state index is 11.1. The van der Waals surface area contributed by atoms with E-state index in [0.29, 0.717) is 5.92 Å². The summed E-state index contributed by atoms with van der Waals surface area (Å²) in [5, 5.41) is 9.13. The summed E-state index contributed by atoms with van der Waals surface area (Å²) in [7, 11) is 0. The molecule has 4 heteroatoms. The highest BCUT2D eigenvalue weighted by molar-refractivity contribution is 5.72. The van der Waals surface area contributed by atoms with Crippen molar-refractivity contribution in [1.29, 1.82) is 0 Å². The number of aromatic nitrogens is 2. The van der Waals surface area contributed by atoms with Gasteiger partial charge in [0.05, 0.1) is 0 Å². The van der Waals surface area contributed by atoms with Crippen LogP contribution >= 0.6 is 0 Å². The zero-order valence-corrected chi connectivity index (χ0v) is 8.18. The smallest absolute Gasteiger partial charge is 0.327 e. The minimum atomic E-state index is -0.736. The van der Waals surface area contributed by atoms with Crippen LogP contribution in [0.3, 0.4) is 0 Å². The highest BCUT2D eigenvalue weighted by Crippen LogP contribution is 2.40. The zero-order chi connectivity index (χ0) is 10.1. The second-order valence-electron chi connectivity index (χ2n) is 3.72. The highest BCUT2D eigenvalue weighted by Gasteiger charge is 2.38. The molecule has 1 N–H and O–H groups in total. The van der Waals surface area contributed by atoms with E-state index >= 15 is 0 Å². The molecule has 1 aliphatic carbocycles. The first-order valence-corrected chi connectivity index (χ1v) is 4.98. The molecule has 0 aromatic carbocycles. The molecule has 1 aliphatic rings. The summed E-state index contributed by atoms with van der Waals surface area (Å²) < 4.78 is 1.81. The van der Waals surface area contributed by atoms with Gasteiger partial charge in [-0.15, -0.1) is 0 Å². The Bertz CT molecular complexity index is 342. The Labute approximate surface area is 82.6 Å². The standard InChI is InChI=1S/C10H14N2O2/c1-2-8-11-5-6-12(8)9(10(13)14)7-3-4-7/h5-7,9H,2-4H2,1H3,(H,13,14). The molecule has 2 rings (SSSR count). The molecule has 0 spiro atoms. The predicted octanol–water partition coefficient (Wildman–Crippen LogP) is 1.48. The molecule has 1 atom stereocenters. The summed E-state index contributed by atoms with van der Waals surface area (Å²) in [5.74, 6) is 0.441. The molecule has 1 aromatic heterocycles. The van der Waals surface area contributed by atoms with Crippen LogP contribution in [0, 0.1) is 5.92 Å². The molecule has 1 fully saturated rings. The van der Waals surface area contributed by atoms with E-state index < -0.39 is 12.0 Å². The molecule has 0 radical (unpaired) electrons. The van der Waals surface area contributed by atoms with Crippen molar-refractivity contribution in [3.05, 3.63) is 18.2 Å². The van der Waals surface area contributed by atoms with Crippen molar-refractivity contribution < 1.29 is 9.90 Å². The fraction of sp³-hybridized carbons (Fsp3) is 0.600. The van der Waals surface area contributed by atoms with Gasteiger partial charge in [-0.05, 0) is 18.8 Å². The maximum absolute atomic E-state index is 11.1. The Morgan fingerprint density at radius 3 is 3.00 bits per heavy atom. The molecule has 1 unspecified atom stereocenters. The molecule has 1 aromatic rings. The van der Waals surface area contributed by atoms with E-state index in [1.54, 1.807) is 17.0 Å². The van der Waals surface area contributed by atoms with Gasteiger partial charge in [-0.1, -0.05) is 6.92 Å². The van der Waals surface area contributed by atoms with Gasteiger partial charge in [0.15, 0.2) is 0 Å². The monoisotopic (exact) mass is 194 g/mol. The lowest BCUT2D eigenvalue weighted by molar-refractivity contribution is -0.141. The van der Waals surface area contributed by atoms with Crippen LogP contribution in [0.1, 0.15) is 31.6 Å². The molecule has 1 saturated carbocycles. The van der Waals surface area contributed by atoms with E-state index in [-0.39, 0.29) is 0 Å². The van der Waals surface area contributed by atoms with E-state index in [1.165, 1.54) is 0 Å². The summed E-state index contributed by atoms with van der Waals surface area (Å²) in [6.45, 7) is 1.99. The number of aryl methyl sites for hydroxylation is 1. The molecule has 76 valence electrons. The number of hydrogen-bond donors (Lipinski definition) is 1. The van der Waals surface area contributed by atoms with Crippen molar-refractivity contribution in [2.45, 2.75) is 32.2 Å². The topological polar surface area (TPSA) is 55.1 Å². The third kappa shape index (κ3) is 1.52. The van der Waals surface area contributed by atoms with Crippen LogP contribution in [0.5, 0.6) is 0 Å². The van der Waals surface area contributed by atoms with Crippen LogP contribution < -0.4 is 0 Å². The number of rotatable bonds is 4. The normalized spacial score (nSPS) is 18.1. The molecular formula is C10H14N2O2. The van der Waals surface area contributed by atoms with E-state index in [0.717, 1.165) is 25.1 Å². The molecule has 0 aliphatic heterocycles. The van der Waals surface area contributed by atoms with Crippen LogP contribution in [-0.4, -0.2) is 20.6 Å². The highest BCUT2D eigenvalue weighted by atomic mass is 16.4. The molecule has 14 heavy (non-hydrogen) atoms. The minimum Gasteiger partial charge on any atom is -0.480 e. The zero-order valence-electron chi connectivity index (χ0n) is 8.18. The second-order valence-corrected chi connectivity index (χ2v) is 3.72. The maximum Gasteiger partial charge on any atom is 0.327 e. The van der Waals surface area contributed by atoms with Gasteiger partial charge in [0.1, 0.15) is 11.9 Å². The largest absolute Gasteiger partial charge is 0.480 e. The Balaban J connectivity index is 2.29. The van der Waals surface area contributed by atoms with Crippen LogP contribution in [0.4, 0.5) is 0 Å². The van der Waals surface area contributed by atoms with Crippen LogP contribution in [-0.2, 0) is 11.2 Å². The third-order valence-corrected chi connectivity index (χ3v) is 2.69. The molecular weight excluding hydrogens is 180 g/mol. The van der Waals surface area contributed by atoms with Gasteiger partial charge in [0, 0.05) is 18.8 Å². The lowest BCUT2D eigenvalue weighted by Gasteiger charge is -2.15. The fourth-order valence-corrected chi connectivity index (χ4v) is 1.83. The Morgan fingerprint density at radius 1 is 1.79 bits per heavy atom. The van der Waals surface area contributed by atoms with Gasteiger partial charge in [-0.2, -0.15) is 0 Å². The number of aliphatic carboxylic acids is 1. The molecule has 0 amide bonds. The van der Waals surface area contributed by atoms with Crippen LogP contribution in [0.25, 0.3) is 0 Å². The van der Waals surface area contributed by atoms with Gasteiger partial charge in [-0.25, -0.2) is 9.78 Å². The average molecular weight is 194 g/mol. The summed E-state index contributed by atoms with van der Waals surface area (Å²) in [6.07, 6.45) is 6.28. The summed E-state index contributed by atoms with van der Waals surface area (Å²) in [6, 6.07) is -0.396. The average Bonchev–Trinajstić information content (AvgIpc) is 2.84. The number of carboxylic acids is 1. The first-order valence-electron chi connectivity index (χ1n) is 4.98. The Hall–Kier alpha value is -1.32. The number of nitrogens with zero attached hydrogens (tertiary/aromatic N) is 2. The number of carboxylic acid groups (broad SMARTS) is 1. The first kappa shape index (κ1) is 9.24. The van der Waals surface area contributed by atoms with Gasteiger partial charge in [0.25, 0.3) is 0 Å². The van der Waals surface area contributed by atoms with Gasteiger partial charge >= 0.3 is 5.97 Å². The Morgan fingerprint density at radius 2 is 2.50 bits per heavy atom. The lowest BCUT2D eigenvalue weighted by Crippen LogP contribution is -2.22. The number of imidazole rings is 1. The second kappa shape index (κ2) is 3.44. The number of carbonyl (C=O) groups is 1. The summed E-state index contributed by atoms with van der Waals surface area (Å²) in [4.78, 5) is 15.2. The van der Waals surface area contributed by atoms with E-state index in [4.69, 9.17) is 5.11 Å². The van der Waals surface area contributed by atoms with Crippen molar-refractivity contribution in [2.24, 2.45) is 5.92 Å². The SMILES string of the molecule is CCc1nccn1C(C(=O)O)C1CC1. The molecule has 0 saturated heterocycles. The van der Waals surface area contributed by atoms with E-state index in [1.807, 2.05) is 6.92 Å². The molecule has 1 heterocycles. The van der Waals surface area contributed by atoms with Crippen LogP contribution in [0.15, 0.2) is 12.4 Å². The summed E-state index contributed by atoms with van der Waals surface area (Å²) in [5.41, 5.74) is 0. The third-order valence-electron chi connectivity index (χ3n) is 2.69. The van der Waals surface area contributed by atoms with Crippen molar-refractivity contribution in [2.75, 3.05) is 0 Å². The van der Waals surface area contributed by atoms with Gasteiger partial charge < -0.3 is 9.67 Å². The van der Waals surface area contributed by atoms with Gasteiger partial charge in [-0.3, -0.25) is 0 Å². The van der Waals surface area contributed by atoms with E-state index in [2.05, 4.69) is 4.98 Å². The molecule has 4 nitrogen and oxygen atoms in total. The van der Waals surface area contributed by atoms with Gasteiger partial charge in [0.2, 0.25) is 0 Å². The quantitative estimate of drug-likeness (QED) is 0.789. The predicted molar refractivity (Wildman–Crippen MR) is 51.0 cm³/mol. The van der Waals surface area contributed by atoms with Crippen LogP contribution in [0.2, 0.25) is 0 Å². The lowest BCUT2D eigenvalue weighted by atomic mass is 10.2. The number of hydrogen-bond acceptors (Lipinski definition) is 2. The first-order chi connectivity index (χ1) is 6.74. The van der Waals surface area contributed by atoms with Crippen molar-refractivity contribution in [3.8, 4) is 0 Å². The Kier molecular flexibility index (Phi) is 2.27. The van der Waals surface area contributed by atoms with Crippen molar-refractivity contribution in [3.63, 3.8) is 0 Å². The summed E-state index contributed by atoms with van der Waals surface area (Å²) >= 11 is 0. The molecule has 0 bridgehead atoms. The fourth-order valence-electron chi connectivity index (χ4n) is 1.83. The minimum absolute atomic E-state index is 0.312.